The zero-order valence-electron chi connectivity index (χ0n) is 18.6. The van der Waals surface area contributed by atoms with Crippen molar-refractivity contribution >= 4 is 75.2 Å². The van der Waals surface area contributed by atoms with Crippen LogP contribution in [0.2, 0.25) is 0 Å². The number of nitrogens with one attached hydrogen (secondary N) is 1. The first kappa shape index (κ1) is 24.8. The van der Waals surface area contributed by atoms with Crippen molar-refractivity contribution in [1.29, 1.82) is 0 Å². The van der Waals surface area contributed by atoms with E-state index in [4.69, 9.17) is 10.6 Å². The predicted octanol–water partition coefficient (Wildman–Crippen LogP) is -0.384. The van der Waals surface area contributed by atoms with Crippen LogP contribution in [0, 0.1) is 0 Å². The number of carboxylic acids is 1. The van der Waals surface area contributed by atoms with Crippen LogP contribution in [0.15, 0.2) is 27.0 Å². The Morgan fingerprint density at radius 2 is 2.22 bits per heavy atom. The standard InChI is InChI=1S/C18H19N9O5S4/c1-26-18(22-24-25-26)36-3-7-2-34-15-11(14(29)27(15)12(7)16(30)31)21-13(28)10(9-6-35-17(19)20-9)23-32-8-4-33-5-8/h6,8,11,15H,2-5H2,1H3,(H2,19,20)(H,21,28)(H,30,31)/t11?,15-/m1/s1. The Hall–Kier alpha value is -2.83. The lowest BCUT2D eigenvalue weighted by atomic mass is 10.0. The molecule has 18 heteroatoms. The Balaban J connectivity index is 1.30. The fraction of sp³-hybridized carbons (Fsp3) is 0.444. The number of carboxylic acid groups (broad SMARTS) is 1. The molecule has 0 aliphatic carbocycles. The summed E-state index contributed by atoms with van der Waals surface area (Å²) >= 11 is 5.50. The lowest BCUT2D eigenvalue weighted by Gasteiger charge is -2.49. The molecule has 5 heterocycles. The number of aryl methyl sites for hydroxylation is 1. The molecule has 0 saturated carbocycles. The second-order valence-electron chi connectivity index (χ2n) is 7.77. The van der Waals surface area contributed by atoms with E-state index < -0.39 is 29.2 Å². The number of nitrogens with zero attached hydrogens (tertiary/aromatic N) is 7. The highest BCUT2D eigenvalue weighted by Crippen LogP contribution is 2.41. The number of thioether (sulfide) groups is 3. The number of tetrazole rings is 1. The molecular weight excluding hydrogens is 551 g/mol. The number of nitrogens with two attached hydrogens (primary N) is 1. The topological polar surface area (TPSA) is 191 Å². The molecule has 2 aromatic rings. The molecule has 190 valence electrons. The van der Waals surface area contributed by atoms with Gasteiger partial charge in [-0.1, -0.05) is 16.9 Å². The highest BCUT2D eigenvalue weighted by atomic mass is 32.2. The molecule has 5 rings (SSSR count). The molecule has 0 radical (unpaired) electrons. The van der Waals surface area contributed by atoms with Crippen LogP contribution >= 0.6 is 46.6 Å². The van der Waals surface area contributed by atoms with Crippen LogP contribution in [0.1, 0.15) is 5.69 Å². The van der Waals surface area contributed by atoms with E-state index in [0.717, 1.165) is 22.8 Å². The number of carbonyl (C=O) groups excluding carboxylic acids is 2. The van der Waals surface area contributed by atoms with Crippen molar-refractivity contribution in [1.82, 2.24) is 35.4 Å². The maximum Gasteiger partial charge on any atom is 0.352 e. The number of oxime groups is 1. The minimum absolute atomic E-state index is 0.0798. The number of fused-ring (bicyclic) bond motifs is 1. The van der Waals surface area contributed by atoms with Gasteiger partial charge in [0.2, 0.25) is 5.16 Å². The van der Waals surface area contributed by atoms with Gasteiger partial charge in [-0.2, -0.15) is 11.8 Å². The SMILES string of the molecule is Cn1nnnc1SCC1=C(C(=O)O)N2C(=O)C(NC(=O)C(=NOC3CSC3)c3csc(N)n3)[C@H]2SC1. The van der Waals surface area contributed by atoms with E-state index in [9.17, 15) is 19.5 Å². The number of aromatic nitrogens is 5. The van der Waals surface area contributed by atoms with Gasteiger partial charge in [-0.05, 0) is 16.0 Å². The average molecular weight is 570 g/mol. The van der Waals surface area contributed by atoms with E-state index in [1.807, 2.05) is 0 Å². The van der Waals surface area contributed by atoms with Gasteiger partial charge in [0.25, 0.3) is 11.8 Å². The van der Waals surface area contributed by atoms with Crippen molar-refractivity contribution in [3.05, 3.63) is 22.3 Å². The summed E-state index contributed by atoms with van der Waals surface area (Å²) in [5.41, 5.74) is 6.36. The number of amides is 2. The highest BCUT2D eigenvalue weighted by molar-refractivity contribution is 8.01. The van der Waals surface area contributed by atoms with Crippen LogP contribution in [0.5, 0.6) is 0 Å². The third-order valence-electron chi connectivity index (χ3n) is 5.37. The second-order valence-corrected chi connectivity index (χ2v) is 11.8. The quantitative estimate of drug-likeness (QED) is 0.153. The van der Waals surface area contributed by atoms with Gasteiger partial charge < -0.3 is 21.0 Å². The third-order valence-corrected chi connectivity index (χ3v) is 9.70. The summed E-state index contributed by atoms with van der Waals surface area (Å²) in [5.74, 6) is -0.175. The van der Waals surface area contributed by atoms with Crippen molar-refractivity contribution in [2.24, 2.45) is 12.2 Å². The Morgan fingerprint density at radius 1 is 1.42 bits per heavy atom. The number of hydrogen-bond acceptors (Lipinski definition) is 14. The summed E-state index contributed by atoms with van der Waals surface area (Å²) in [4.78, 5) is 49.0. The van der Waals surface area contributed by atoms with Crippen LogP contribution in [0.25, 0.3) is 0 Å². The van der Waals surface area contributed by atoms with Crippen molar-refractivity contribution in [3.8, 4) is 0 Å². The van der Waals surface area contributed by atoms with Crippen molar-refractivity contribution < 1.29 is 24.3 Å². The smallest absolute Gasteiger partial charge is 0.352 e. The zero-order valence-corrected chi connectivity index (χ0v) is 21.8. The Labute approximate surface area is 220 Å². The van der Waals surface area contributed by atoms with Crippen LogP contribution in [-0.2, 0) is 26.3 Å². The van der Waals surface area contributed by atoms with Crippen molar-refractivity contribution in [2.75, 3.05) is 28.7 Å². The summed E-state index contributed by atoms with van der Waals surface area (Å²) < 4.78 is 1.48. The summed E-state index contributed by atoms with van der Waals surface area (Å²) in [6.45, 7) is 0. The molecule has 2 fully saturated rings. The fourth-order valence-corrected chi connectivity index (χ4v) is 6.93. The summed E-state index contributed by atoms with van der Waals surface area (Å²) in [6, 6.07) is -0.922. The molecule has 36 heavy (non-hydrogen) atoms. The minimum Gasteiger partial charge on any atom is -0.477 e. The number of nitrogen functional groups attached to an aromatic ring is 1. The number of thiazole rings is 1. The van der Waals surface area contributed by atoms with E-state index in [-0.39, 0.29) is 28.3 Å². The lowest BCUT2D eigenvalue weighted by Crippen LogP contribution is -2.71. The van der Waals surface area contributed by atoms with Gasteiger partial charge in [-0.15, -0.1) is 28.2 Å². The van der Waals surface area contributed by atoms with E-state index in [1.165, 1.54) is 33.1 Å². The Kier molecular flexibility index (Phi) is 7.09. The number of rotatable bonds is 9. The van der Waals surface area contributed by atoms with E-state index in [2.05, 4.69) is 31.0 Å². The number of aliphatic carboxylic acids is 1. The highest BCUT2D eigenvalue weighted by Gasteiger charge is 2.54. The van der Waals surface area contributed by atoms with Crippen LogP contribution in [0.3, 0.4) is 0 Å². The summed E-state index contributed by atoms with van der Waals surface area (Å²) in [7, 11) is 1.68. The average Bonchev–Trinajstić information content (AvgIpc) is 3.44. The molecule has 4 N–H and O–H groups in total. The molecule has 0 spiro atoms. The normalized spacial score (nSPS) is 22.1. The molecule has 1 unspecified atom stereocenters. The number of hydrogen-bond donors (Lipinski definition) is 3. The molecule has 0 aromatic carbocycles. The molecule has 0 bridgehead atoms. The summed E-state index contributed by atoms with van der Waals surface area (Å²) in [6.07, 6.45) is -0.0969. The van der Waals surface area contributed by atoms with Crippen LogP contribution in [0.4, 0.5) is 5.13 Å². The van der Waals surface area contributed by atoms with Gasteiger partial charge in [-0.3, -0.25) is 14.5 Å². The Morgan fingerprint density at radius 3 is 2.83 bits per heavy atom. The molecule has 14 nitrogen and oxygen atoms in total. The van der Waals surface area contributed by atoms with E-state index in [1.54, 1.807) is 24.2 Å². The van der Waals surface area contributed by atoms with Gasteiger partial charge in [0.15, 0.2) is 10.8 Å². The van der Waals surface area contributed by atoms with E-state index in [0.29, 0.717) is 22.2 Å². The van der Waals surface area contributed by atoms with Crippen LogP contribution < -0.4 is 11.1 Å². The number of β-lactam (4-membered cyclic amide) rings is 1. The maximum absolute atomic E-state index is 13.1. The summed E-state index contributed by atoms with van der Waals surface area (Å²) in [5, 5.41) is 29.5. The molecular formula is C18H19N9O5S4. The maximum atomic E-state index is 13.1. The molecule has 3 aliphatic heterocycles. The minimum atomic E-state index is -1.21. The van der Waals surface area contributed by atoms with Gasteiger partial charge in [-0.25, -0.2) is 14.5 Å². The fourth-order valence-electron chi connectivity index (χ4n) is 3.50. The molecule has 2 aromatic heterocycles. The second kappa shape index (κ2) is 10.3. The Bertz CT molecular complexity index is 1270. The molecule has 2 saturated heterocycles. The monoisotopic (exact) mass is 569 g/mol. The third kappa shape index (κ3) is 4.76. The van der Waals surface area contributed by atoms with Gasteiger partial charge in [0.05, 0.1) is 0 Å². The molecule has 2 amide bonds. The van der Waals surface area contributed by atoms with Gasteiger partial charge in [0.1, 0.15) is 28.9 Å². The first-order valence-electron chi connectivity index (χ1n) is 10.4. The molecule has 2 atom stereocenters. The number of carbonyl (C=O) groups is 3. The molecule has 3 aliphatic rings. The van der Waals surface area contributed by atoms with Gasteiger partial charge >= 0.3 is 5.97 Å². The predicted molar refractivity (Wildman–Crippen MR) is 134 cm³/mol. The van der Waals surface area contributed by atoms with Crippen LogP contribution in [-0.4, -0.2) is 99.2 Å². The van der Waals surface area contributed by atoms with Crippen molar-refractivity contribution in [2.45, 2.75) is 22.7 Å². The zero-order chi connectivity index (χ0) is 25.4. The van der Waals surface area contributed by atoms with Crippen molar-refractivity contribution in [3.63, 3.8) is 0 Å². The first-order chi connectivity index (χ1) is 17.3. The number of anilines is 1. The largest absolute Gasteiger partial charge is 0.477 e. The van der Waals surface area contributed by atoms with Gasteiger partial charge in [0, 0.05) is 35.4 Å². The van der Waals surface area contributed by atoms with E-state index >= 15 is 0 Å². The lowest BCUT2D eigenvalue weighted by molar-refractivity contribution is -0.150. The first-order valence-corrected chi connectivity index (χ1v) is 14.5.